The van der Waals surface area contributed by atoms with Gasteiger partial charge in [-0.05, 0) is 30.7 Å². The van der Waals surface area contributed by atoms with Gasteiger partial charge < -0.3 is 11.1 Å². The van der Waals surface area contributed by atoms with Crippen LogP contribution in [0.25, 0.3) is 0 Å². The summed E-state index contributed by atoms with van der Waals surface area (Å²) in [6.07, 6.45) is 0. The van der Waals surface area contributed by atoms with Crippen molar-refractivity contribution < 1.29 is 0 Å². The maximum absolute atomic E-state index is 5.93. The van der Waals surface area contributed by atoms with Crippen molar-refractivity contribution in [2.75, 3.05) is 5.32 Å². The predicted molar refractivity (Wildman–Crippen MR) is 81.4 cm³/mol. The Morgan fingerprint density at radius 1 is 1.37 bits per heavy atom. The Labute approximate surface area is 122 Å². The van der Waals surface area contributed by atoms with Crippen LogP contribution < -0.4 is 11.1 Å². The standard InChI is InChI=1S/C13H13ClN4S/c1-8-5-11(12(15)19)18-13(17-8)16-7-9-3-2-4-10(14)6-9/h2-6H,7H2,1H3,(H2,15,19)(H,16,17,18). The van der Waals surface area contributed by atoms with Gasteiger partial charge >= 0.3 is 0 Å². The molecule has 98 valence electrons. The second-order valence-electron chi connectivity index (χ2n) is 4.07. The molecule has 0 saturated heterocycles. The second-order valence-corrected chi connectivity index (χ2v) is 4.94. The number of rotatable bonds is 4. The highest BCUT2D eigenvalue weighted by molar-refractivity contribution is 7.80. The van der Waals surface area contributed by atoms with E-state index in [9.17, 15) is 0 Å². The highest BCUT2D eigenvalue weighted by Gasteiger charge is 2.04. The fraction of sp³-hybridized carbons (Fsp3) is 0.154. The van der Waals surface area contributed by atoms with Gasteiger partial charge in [-0.15, -0.1) is 0 Å². The monoisotopic (exact) mass is 292 g/mol. The Kier molecular flexibility index (Phi) is 4.29. The minimum Gasteiger partial charge on any atom is -0.388 e. The third kappa shape index (κ3) is 3.87. The number of halogens is 1. The van der Waals surface area contributed by atoms with Crippen LogP contribution in [0.1, 0.15) is 17.0 Å². The van der Waals surface area contributed by atoms with Crippen molar-refractivity contribution in [3.05, 3.63) is 52.3 Å². The summed E-state index contributed by atoms with van der Waals surface area (Å²) in [5.74, 6) is 0.503. The van der Waals surface area contributed by atoms with Gasteiger partial charge in [0.05, 0.1) is 0 Å². The summed E-state index contributed by atoms with van der Waals surface area (Å²) < 4.78 is 0. The molecule has 0 unspecified atom stereocenters. The van der Waals surface area contributed by atoms with Gasteiger partial charge in [0.25, 0.3) is 0 Å². The molecule has 0 amide bonds. The molecule has 1 heterocycles. The fourth-order valence-corrected chi connectivity index (χ4v) is 1.92. The fourth-order valence-electron chi connectivity index (χ4n) is 1.60. The van der Waals surface area contributed by atoms with Crippen molar-refractivity contribution in [3.63, 3.8) is 0 Å². The van der Waals surface area contributed by atoms with Crippen LogP contribution in [0, 0.1) is 6.92 Å². The largest absolute Gasteiger partial charge is 0.388 e. The van der Waals surface area contributed by atoms with Gasteiger partial charge in [0.1, 0.15) is 10.7 Å². The van der Waals surface area contributed by atoms with Crippen LogP contribution in [0.2, 0.25) is 5.02 Å². The summed E-state index contributed by atoms with van der Waals surface area (Å²) in [5.41, 5.74) is 8.00. The number of hydrogen-bond acceptors (Lipinski definition) is 4. The van der Waals surface area contributed by atoms with E-state index in [2.05, 4.69) is 15.3 Å². The molecule has 2 aromatic rings. The minimum absolute atomic E-state index is 0.260. The molecule has 2 rings (SSSR count). The number of hydrogen-bond donors (Lipinski definition) is 2. The van der Waals surface area contributed by atoms with Gasteiger partial charge in [-0.2, -0.15) is 0 Å². The molecule has 0 aliphatic carbocycles. The van der Waals surface area contributed by atoms with Crippen molar-refractivity contribution in [2.24, 2.45) is 5.73 Å². The number of thiocarbonyl (C=S) groups is 1. The Bertz CT molecular complexity index is 615. The molecular weight excluding hydrogens is 280 g/mol. The molecule has 6 heteroatoms. The van der Waals surface area contributed by atoms with E-state index in [0.29, 0.717) is 23.2 Å². The van der Waals surface area contributed by atoms with Crippen molar-refractivity contribution in [2.45, 2.75) is 13.5 Å². The molecule has 0 spiro atoms. The Balaban J connectivity index is 2.13. The number of nitrogens with zero attached hydrogens (tertiary/aromatic N) is 2. The van der Waals surface area contributed by atoms with Crippen molar-refractivity contribution in [1.29, 1.82) is 0 Å². The maximum Gasteiger partial charge on any atom is 0.223 e. The predicted octanol–water partition coefficient (Wildman–Crippen LogP) is 2.68. The van der Waals surface area contributed by atoms with E-state index in [1.807, 2.05) is 31.2 Å². The van der Waals surface area contributed by atoms with Crippen molar-refractivity contribution in [1.82, 2.24) is 9.97 Å². The Hall–Kier alpha value is -1.72. The van der Waals surface area contributed by atoms with E-state index in [4.69, 9.17) is 29.6 Å². The summed E-state index contributed by atoms with van der Waals surface area (Å²) in [6.45, 7) is 2.45. The summed E-state index contributed by atoms with van der Waals surface area (Å²) in [6, 6.07) is 9.35. The van der Waals surface area contributed by atoms with Crippen LogP contribution in [0.3, 0.4) is 0 Å². The number of nitrogens with one attached hydrogen (secondary N) is 1. The second kappa shape index (κ2) is 5.95. The van der Waals surface area contributed by atoms with Crippen LogP contribution in [-0.2, 0) is 6.54 Å². The zero-order chi connectivity index (χ0) is 13.8. The lowest BCUT2D eigenvalue weighted by Crippen LogP contribution is -2.14. The van der Waals surface area contributed by atoms with Crippen LogP contribution in [0.4, 0.5) is 5.95 Å². The highest BCUT2D eigenvalue weighted by Crippen LogP contribution is 2.12. The van der Waals surface area contributed by atoms with E-state index in [0.717, 1.165) is 11.3 Å². The smallest absolute Gasteiger partial charge is 0.223 e. The average Bonchev–Trinajstić information content (AvgIpc) is 2.36. The molecule has 0 aliphatic rings. The number of aromatic nitrogens is 2. The summed E-state index contributed by atoms with van der Waals surface area (Å²) in [4.78, 5) is 8.79. The quantitative estimate of drug-likeness (QED) is 0.848. The third-order valence-electron chi connectivity index (χ3n) is 2.45. The molecule has 19 heavy (non-hydrogen) atoms. The molecule has 0 bridgehead atoms. The number of anilines is 1. The first-order valence-electron chi connectivity index (χ1n) is 5.68. The lowest BCUT2D eigenvalue weighted by atomic mass is 10.2. The first-order chi connectivity index (χ1) is 9.04. The SMILES string of the molecule is Cc1cc(C(N)=S)nc(NCc2cccc(Cl)c2)n1. The number of nitrogens with two attached hydrogens (primary N) is 1. The average molecular weight is 293 g/mol. The van der Waals surface area contributed by atoms with Crippen molar-refractivity contribution in [3.8, 4) is 0 Å². The van der Waals surface area contributed by atoms with Gasteiger partial charge in [0.2, 0.25) is 5.95 Å². The number of benzene rings is 1. The van der Waals surface area contributed by atoms with Crippen molar-refractivity contribution >= 4 is 34.8 Å². The van der Waals surface area contributed by atoms with E-state index >= 15 is 0 Å². The molecular formula is C13H13ClN4S. The third-order valence-corrected chi connectivity index (χ3v) is 2.89. The van der Waals surface area contributed by atoms with Crippen LogP contribution in [-0.4, -0.2) is 15.0 Å². The zero-order valence-electron chi connectivity index (χ0n) is 10.4. The minimum atomic E-state index is 0.260. The van der Waals surface area contributed by atoms with E-state index in [1.54, 1.807) is 6.07 Å². The molecule has 3 N–H and O–H groups in total. The lowest BCUT2D eigenvalue weighted by molar-refractivity contribution is 1.02. The first-order valence-corrected chi connectivity index (χ1v) is 6.47. The highest BCUT2D eigenvalue weighted by atomic mass is 35.5. The van der Waals surface area contributed by atoms with E-state index in [1.165, 1.54) is 0 Å². The van der Waals surface area contributed by atoms with E-state index in [-0.39, 0.29) is 4.99 Å². The Morgan fingerprint density at radius 3 is 2.84 bits per heavy atom. The maximum atomic E-state index is 5.93. The topological polar surface area (TPSA) is 63.8 Å². The Morgan fingerprint density at radius 2 is 2.16 bits per heavy atom. The molecule has 1 aromatic heterocycles. The van der Waals surface area contributed by atoms with Gasteiger partial charge in [-0.3, -0.25) is 0 Å². The molecule has 0 atom stereocenters. The van der Waals surface area contributed by atoms with Crippen LogP contribution in [0.5, 0.6) is 0 Å². The van der Waals surface area contributed by atoms with E-state index < -0.39 is 0 Å². The van der Waals surface area contributed by atoms with Gasteiger partial charge in [0, 0.05) is 17.3 Å². The molecule has 0 radical (unpaired) electrons. The molecule has 0 saturated carbocycles. The summed E-state index contributed by atoms with van der Waals surface area (Å²) in [5, 5.41) is 3.83. The molecule has 0 fully saturated rings. The molecule has 0 aliphatic heterocycles. The van der Waals surface area contributed by atoms with Gasteiger partial charge in [0.15, 0.2) is 0 Å². The summed E-state index contributed by atoms with van der Waals surface area (Å²) >= 11 is 10.8. The number of aryl methyl sites for hydroxylation is 1. The molecule has 4 nitrogen and oxygen atoms in total. The zero-order valence-corrected chi connectivity index (χ0v) is 11.9. The summed E-state index contributed by atoms with van der Waals surface area (Å²) in [7, 11) is 0. The van der Waals surface area contributed by atoms with Crippen LogP contribution >= 0.6 is 23.8 Å². The lowest BCUT2D eigenvalue weighted by Gasteiger charge is -2.07. The normalized spacial score (nSPS) is 10.2. The van der Waals surface area contributed by atoms with Gasteiger partial charge in [-0.1, -0.05) is 36.0 Å². The van der Waals surface area contributed by atoms with Crippen LogP contribution in [0.15, 0.2) is 30.3 Å². The first kappa shape index (κ1) is 13.7. The molecule has 1 aromatic carbocycles. The van der Waals surface area contributed by atoms with Gasteiger partial charge in [-0.25, -0.2) is 9.97 Å².